The highest BCUT2D eigenvalue weighted by atomic mass is 35.5. The fourth-order valence-corrected chi connectivity index (χ4v) is 2.77. The van der Waals surface area contributed by atoms with E-state index in [1.807, 2.05) is 60.7 Å². The molecule has 2 aromatic carbocycles. The summed E-state index contributed by atoms with van der Waals surface area (Å²) in [6, 6.07) is 19.6. The van der Waals surface area contributed by atoms with E-state index in [0.717, 1.165) is 33.7 Å². The number of imidazole rings is 1. The fourth-order valence-electron chi connectivity index (χ4n) is 2.54. The minimum Gasteiger partial charge on any atom is -0.338 e. The molecule has 0 atom stereocenters. The smallest absolute Gasteiger partial charge is 0.140 e. The molecule has 2 aromatic heterocycles. The maximum atomic E-state index is 6.33. The number of hydrogen-bond acceptors (Lipinski definition) is 2. The first-order valence-corrected chi connectivity index (χ1v) is 7.36. The number of H-pyrrole nitrogens is 1. The molecule has 22 heavy (non-hydrogen) atoms. The molecule has 3 nitrogen and oxygen atoms in total. The Labute approximate surface area is 132 Å². The summed E-state index contributed by atoms with van der Waals surface area (Å²) in [7, 11) is 0. The van der Waals surface area contributed by atoms with E-state index >= 15 is 0 Å². The summed E-state index contributed by atoms with van der Waals surface area (Å²) in [5.74, 6) is 0.796. The first-order chi connectivity index (χ1) is 10.8. The number of halogens is 1. The van der Waals surface area contributed by atoms with Crippen LogP contribution in [0, 0.1) is 0 Å². The predicted molar refractivity (Wildman–Crippen MR) is 89.8 cm³/mol. The monoisotopic (exact) mass is 305 g/mol. The van der Waals surface area contributed by atoms with Gasteiger partial charge in [0.25, 0.3) is 0 Å². The molecular weight excluding hydrogens is 294 g/mol. The van der Waals surface area contributed by atoms with Gasteiger partial charge in [-0.1, -0.05) is 41.9 Å². The van der Waals surface area contributed by atoms with Crippen molar-refractivity contribution in [1.29, 1.82) is 0 Å². The van der Waals surface area contributed by atoms with Crippen molar-refractivity contribution in [1.82, 2.24) is 15.0 Å². The normalized spacial score (nSPS) is 11.0. The Morgan fingerprint density at radius 3 is 2.45 bits per heavy atom. The molecule has 4 aromatic rings. The summed E-state index contributed by atoms with van der Waals surface area (Å²) in [6.07, 6.45) is 1.77. The summed E-state index contributed by atoms with van der Waals surface area (Å²) in [6.45, 7) is 0. The molecule has 0 aliphatic rings. The number of nitrogens with one attached hydrogen (secondary N) is 1. The van der Waals surface area contributed by atoms with Gasteiger partial charge < -0.3 is 4.98 Å². The minimum atomic E-state index is 0.679. The molecule has 0 saturated heterocycles. The van der Waals surface area contributed by atoms with Crippen molar-refractivity contribution in [3.63, 3.8) is 0 Å². The Kier molecular flexibility index (Phi) is 3.13. The van der Waals surface area contributed by atoms with Gasteiger partial charge in [0.15, 0.2) is 0 Å². The van der Waals surface area contributed by atoms with Gasteiger partial charge in [0.1, 0.15) is 5.82 Å². The van der Waals surface area contributed by atoms with Gasteiger partial charge in [0.05, 0.1) is 16.7 Å². The number of hydrogen-bond donors (Lipinski definition) is 1. The molecule has 0 aliphatic carbocycles. The Hall–Kier alpha value is -2.65. The third-order valence-electron chi connectivity index (χ3n) is 3.58. The van der Waals surface area contributed by atoms with Crippen LogP contribution in [0.4, 0.5) is 0 Å². The number of aromatic nitrogens is 3. The molecule has 0 unspecified atom stereocenters. The lowest BCUT2D eigenvalue weighted by atomic mass is 10.1. The number of para-hydroxylation sites is 2. The Morgan fingerprint density at radius 2 is 1.59 bits per heavy atom. The zero-order valence-electron chi connectivity index (χ0n) is 11.6. The quantitative estimate of drug-likeness (QED) is 0.569. The first-order valence-electron chi connectivity index (χ1n) is 6.98. The molecule has 0 amide bonds. The maximum Gasteiger partial charge on any atom is 0.140 e. The van der Waals surface area contributed by atoms with Crippen molar-refractivity contribution in [2.45, 2.75) is 0 Å². The van der Waals surface area contributed by atoms with Crippen molar-refractivity contribution < 1.29 is 0 Å². The van der Waals surface area contributed by atoms with E-state index in [0.29, 0.717) is 5.02 Å². The molecule has 4 heteroatoms. The molecule has 0 spiro atoms. The van der Waals surface area contributed by atoms with Crippen molar-refractivity contribution in [3.8, 4) is 22.6 Å². The summed E-state index contributed by atoms with van der Waals surface area (Å²) >= 11 is 6.33. The van der Waals surface area contributed by atoms with Crippen molar-refractivity contribution in [2.75, 3.05) is 0 Å². The molecule has 0 saturated carbocycles. The molecule has 1 N–H and O–H groups in total. The van der Waals surface area contributed by atoms with Crippen LogP contribution in [0.3, 0.4) is 0 Å². The Balaban J connectivity index is 1.95. The van der Waals surface area contributed by atoms with Gasteiger partial charge in [-0.3, -0.25) is 4.98 Å². The average Bonchev–Trinajstić information content (AvgIpc) is 2.99. The number of benzene rings is 2. The van der Waals surface area contributed by atoms with Crippen LogP contribution in [0.25, 0.3) is 33.7 Å². The van der Waals surface area contributed by atoms with Crippen molar-refractivity contribution in [2.24, 2.45) is 0 Å². The second kappa shape index (κ2) is 5.28. The molecule has 4 rings (SSSR count). The zero-order valence-corrected chi connectivity index (χ0v) is 12.4. The van der Waals surface area contributed by atoms with Crippen LogP contribution < -0.4 is 0 Å². The molecule has 0 aliphatic heterocycles. The lowest BCUT2D eigenvalue weighted by Crippen LogP contribution is -1.90. The summed E-state index contributed by atoms with van der Waals surface area (Å²) < 4.78 is 0. The Morgan fingerprint density at radius 1 is 0.818 bits per heavy atom. The van der Waals surface area contributed by atoms with E-state index in [2.05, 4.69) is 15.0 Å². The van der Waals surface area contributed by atoms with Gasteiger partial charge in [-0.2, -0.15) is 0 Å². The van der Waals surface area contributed by atoms with Crippen molar-refractivity contribution in [3.05, 3.63) is 71.9 Å². The van der Waals surface area contributed by atoms with Crippen LogP contribution >= 0.6 is 11.6 Å². The topological polar surface area (TPSA) is 41.6 Å². The fraction of sp³-hybridized carbons (Fsp3) is 0. The summed E-state index contributed by atoms with van der Waals surface area (Å²) in [5.41, 5.74) is 4.61. The van der Waals surface area contributed by atoms with Crippen LogP contribution in [0.5, 0.6) is 0 Å². The van der Waals surface area contributed by atoms with E-state index in [9.17, 15) is 0 Å². The van der Waals surface area contributed by atoms with Gasteiger partial charge in [-0.15, -0.1) is 0 Å². The van der Waals surface area contributed by atoms with E-state index in [4.69, 9.17) is 11.6 Å². The molecule has 0 radical (unpaired) electrons. The lowest BCUT2D eigenvalue weighted by molar-refractivity contribution is 1.27. The highest BCUT2D eigenvalue weighted by Crippen LogP contribution is 2.33. The van der Waals surface area contributed by atoms with E-state index < -0.39 is 0 Å². The average molecular weight is 306 g/mol. The third kappa shape index (κ3) is 2.16. The number of pyridine rings is 1. The minimum absolute atomic E-state index is 0.679. The standard InChI is InChI=1S/C18H12ClN3/c19-14-8-2-1-6-12(14)17-13(7-5-11-20-17)18-21-15-9-3-4-10-16(15)22-18/h1-11H,(H,21,22). The van der Waals surface area contributed by atoms with Gasteiger partial charge in [-0.25, -0.2) is 4.98 Å². The van der Waals surface area contributed by atoms with Crippen LogP contribution in [0.1, 0.15) is 0 Å². The van der Waals surface area contributed by atoms with E-state index in [1.165, 1.54) is 0 Å². The molecule has 0 fully saturated rings. The zero-order chi connectivity index (χ0) is 14.9. The second-order valence-corrected chi connectivity index (χ2v) is 5.39. The van der Waals surface area contributed by atoms with Gasteiger partial charge >= 0.3 is 0 Å². The number of aromatic amines is 1. The third-order valence-corrected chi connectivity index (χ3v) is 3.91. The van der Waals surface area contributed by atoms with E-state index in [1.54, 1.807) is 6.20 Å². The van der Waals surface area contributed by atoms with E-state index in [-0.39, 0.29) is 0 Å². The summed E-state index contributed by atoms with van der Waals surface area (Å²) in [5, 5.41) is 0.679. The molecular formula is C18H12ClN3. The number of rotatable bonds is 2. The highest BCUT2D eigenvalue weighted by molar-refractivity contribution is 6.33. The van der Waals surface area contributed by atoms with Crippen molar-refractivity contribution >= 4 is 22.6 Å². The van der Waals surface area contributed by atoms with Gasteiger partial charge in [0.2, 0.25) is 0 Å². The molecule has 106 valence electrons. The highest BCUT2D eigenvalue weighted by Gasteiger charge is 2.14. The van der Waals surface area contributed by atoms with Crippen LogP contribution in [0.15, 0.2) is 66.9 Å². The SMILES string of the molecule is Clc1ccccc1-c1ncccc1-c1nc2ccccc2[nH]1. The largest absolute Gasteiger partial charge is 0.338 e. The van der Waals surface area contributed by atoms with Gasteiger partial charge in [-0.05, 0) is 30.3 Å². The maximum absolute atomic E-state index is 6.33. The summed E-state index contributed by atoms with van der Waals surface area (Å²) in [4.78, 5) is 12.5. The first kappa shape index (κ1) is 13.0. The molecule has 0 bridgehead atoms. The lowest BCUT2D eigenvalue weighted by Gasteiger charge is -2.07. The van der Waals surface area contributed by atoms with Crippen LogP contribution in [0.2, 0.25) is 5.02 Å². The van der Waals surface area contributed by atoms with Gasteiger partial charge in [0, 0.05) is 22.3 Å². The van der Waals surface area contributed by atoms with Crippen LogP contribution in [-0.4, -0.2) is 15.0 Å². The van der Waals surface area contributed by atoms with Crippen LogP contribution in [-0.2, 0) is 0 Å². The second-order valence-electron chi connectivity index (χ2n) is 4.98. The number of nitrogens with zero attached hydrogens (tertiary/aromatic N) is 2. The predicted octanol–water partition coefficient (Wildman–Crippen LogP) is 4.95. The molecule has 2 heterocycles. The number of fused-ring (bicyclic) bond motifs is 1. The Bertz CT molecular complexity index is 926.